The van der Waals surface area contributed by atoms with Crippen molar-refractivity contribution in [3.8, 4) is 5.75 Å². The van der Waals surface area contributed by atoms with Gasteiger partial charge in [-0.25, -0.2) is 0 Å². The molecule has 2 fully saturated rings. The number of ether oxygens (including phenoxy) is 1. The third-order valence-corrected chi connectivity index (χ3v) is 6.57. The number of rotatable bonds is 5. The largest absolute Gasteiger partial charge is 0.490 e. The first kappa shape index (κ1) is 18.1. The Labute approximate surface area is 167 Å². The molecule has 1 aromatic carbocycles. The number of hydrogen-bond donors (Lipinski definition) is 1. The van der Waals surface area contributed by atoms with Gasteiger partial charge in [-0.2, -0.15) is 0 Å². The summed E-state index contributed by atoms with van der Waals surface area (Å²) in [7, 11) is 0. The number of benzene rings is 1. The summed E-state index contributed by atoms with van der Waals surface area (Å²) in [5.41, 5.74) is 1.33. The Hall–Kier alpha value is -1.92. The fraction of sp³-hybridized carbons (Fsp3) is 0.636. The van der Waals surface area contributed by atoms with Crippen LogP contribution in [0.3, 0.4) is 0 Å². The number of piperidine rings is 1. The number of hydrogen-bond acceptors (Lipinski definition) is 5. The lowest BCUT2D eigenvalue weighted by atomic mass is 9.95. The molecule has 6 heteroatoms. The van der Waals surface area contributed by atoms with Crippen molar-refractivity contribution in [1.82, 2.24) is 25.0 Å². The molecule has 6 nitrogen and oxygen atoms in total. The van der Waals surface area contributed by atoms with Crippen LogP contribution in [0.1, 0.15) is 61.7 Å². The van der Waals surface area contributed by atoms with E-state index in [0.717, 1.165) is 63.7 Å². The van der Waals surface area contributed by atoms with E-state index in [4.69, 9.17) is 4.74 Å². The van der Waals surface area contributed by atoms with Crippen LogP contribution in [0.25, 0.3) is 0 Å². The lowest BCUT2D eigenvalue weighted by molar-refractivity contribution is 0.184. The molecule has 1 saturated carbocycles. The molecule has 1 aromatic heterocycles. The highest BCUT2D eigenvalue weighted by atomic mass is 16.5. The zero-order chi connectivity index (χ0) is 18.8. The molecule has 5 rings (SSSR count). The van der Waals surface area contributed by atoms with Crippen LogP contribution in [-0.2, 0) is 19.6 Å². The molecule has 1 saturated heterocycles. The SMILES string of the molecule is c1ccc(OC2CCCC2)c(CN2CCC(c3nnc4n3CCNC4)CC2)c1. The van der Waals surface area contributed by atoms with E-state index in [1.54, 1.807) is 0 Å². The van der Waals surface area contributed by atoms with Gasteiger partial charge in [0.15, 0.2) is 0 Å². The zero-order valence-electron chi connectivity index (χ0n) is 16.6. The van der Waals surface area contributed by atoms with Crippen molar-refractivity contribution in [3.63, 3.8) is 0 Å². The maximum atomic E-state index is 6.34. The number of nitrogens with one attached hydrogen (secondary N) is 1. The van der Waals surface area contributed by atoms with E-state index in [2.05, 4.69) is 49.2 Å². The molecule has 2 aliphatic heterocycles. The monoisotopic (exact) mass is 381 g/mol. The Balaban J connectivity index is 1.20. The van der Waals surface area contributed by atoms with Gasteiger partial charge in [-0.15, -0.1) is 10.2 Å². The summed E-state index contributed by atoms with van der Waals surface area (Å²) in [4.78, 5) is 2.57. The summed E-state index contributed by atoms with van der Waals surface area (Å²) < 4.78 is 8.68. The van der Waals surface area contributed by atoms with Crippen LogP contribution in [0.15, 0.2) is 24.3 Å². The molecule has 2 aromatic rings. The molecule has 0 amide bonds. The highest BCUT2D eigenvalue weighted by molar-refractivity contribution is 5.33. The Bertz CT molecular complexity index is 790. The van der Waals surface area contributed by atoms with Crippen LogP contribution in [0.2, 0.25) is 0 Å². The highest BCUT2D eigenvalue weighted by Gasteiger charge is 2.27. The quantitative estimate of drug-likeness (QED) is 0.863. The molecule has 1 N–H and O–H groups in total. The number of para-hydroxylation sites is 1. The van der Waals surface area contributed by atoms with Gasteiger partial charge in [0.05, 0.1) is 12.6 Å². The zero-order valence-corrected chi connectivity index (χ0v) is 16.6. The fourth-order valence-corrected chi connectivity index (χ4v) is 4.94. The van der Waals surface area contributed by atoms with Gasteiger partial charge >= 0.3 is 0 Å². The maximum Gasteiger partial charge on any atom is 0.147 e. The van der Waals surface area contributed by atoms with Crippen molar-refractivity contribution in [3.05, 3.63) is 41.5 Å². The minimum absolute atomic E-state index is 0.417. The van der Waals surface area contributed by atoms with E-state index in [1.165, 1.54) is 37.1 Å². The molecular formula is C22H31N5O. The average Bonchev–Trinajstić information content (AvgIpc) is 3.40. The van der Waals surface area contributed by atoms with Gasteiger partial charge in [0.1, 0.15) is 17.4 Å². The summed E-state index contributed by atoms with van der Waals surface area (Å²) in [6.07, 6.45) is 7.77. The first-order valence-electron chi connectivity index (χ1n) is 11.0. The van der Waals surface area contributed by atoms with Crippen LogP contribution in [0, 0.1) is 0 Å². The minimum atomic E-state index is 0.417. The average molecular weight is 382 g/mol. The summed E-state index contributed by atoms with van der Waals surface area (Å²) in [6.45, 7) is 6.09. The Morgan fingerprint density at radius 3 is 2.68 bits per heavy atom. The molecule has 3 aliphatic rings. The molecular weight excluding hydrogens is 350 g/mol. The third-order valence-electron chi connectivity index (χ3n) is 6.57. The lowest BCUT2D eigenvalue weighted by Crippen LogP contribution is -2.35. The first-order valence-corrected chi connectivity index (χ1v) is 11.0. The number of aromatic nitrogens is 3. The van der Waals surface area contributed by atoms with Crippen molar-refractivity contribution in [2.24, 2.45) is 0 Å². The molecule has 150 valence electrons. The van der Waals surface area contributed by atoms with Gasteiger partial charge in [0.25, 0.3) is 0 Å². The second kappa shape index (κ2) is 8.21. The molecule has 28 heavy (non-hydrogen) atoms. The smallest absolute Gasteiger partial charge is 0.147 e. The normalized spacial score (nSPS) is 21.7. The van der Waals surface area contributed by atoms with Crippen molar-refractivity contribution < 1.29 is 4.74 Å². The van der Waals surface area contributed by atoms with Gasteiger partial charge in [-0.1, -0.05) is 18.2 Å². The molecule has 0 bridgehead atoms. The van der Waals surface area contributed by atoms with E-state index < -0.39 is 0 Å². The molecule has 3 heterocycles. The van der Waals surface area contributed by atoms with Gasteiger partial charge in [0, 0.05) is 31.1 Å². The van der Waals surface area contributed by atoms with Gasteiger partial charge in [-0.05, 0) is 57.7 Å². The summed E-state index contributed by atoms with van der Waals surface area (Å²) in [5.74, 6) is 3.94. The van der Waals surface area contributed by atoms with Crippen LogP contribution in [-0.4, -0.2) is 45.4 Å². The van der Waals surface area contributed by atoms with Crippen molar-refractivity contribution in [1.29, 1.82) is 0 Å². The fourth-order valence-electron chi connectivity index (χ4n) is 4.94. The lowest BCUT2D eigenvalue weighted by Gasteiger charge is -2.32. The van der Waals surface area contributed by atoms with Gasteiger partial charge in [-0.3, -0.25) is 4.90 Å². The number of likely N-dealkylation sites (tertiary alicyclic amines) is 1. The number of nitrogens with zero attached hydrogens (tertiary/aromatic N) is 4. The van der Waals surface area contributed by atoms with Gasteiger partial charge in [0.2, 0.25) is 0 Å². The summed E-state index contributed by atoms with van der Waals surface area (Å²) >= 11 is 0. The van der Waals surface area contributed by atoms with Crippen molar-refractivity contribution in [2.75, 3.05) is 19.6 Å². The standard InChI is InChI=1S/C22H31N5O/c1-4-8-20(28-19-6-2-3-7-19)18(5-1)16-26-12-9-17(10-13-26)22-25-24-21-15-23-11-14-27(21)22/h1,4-5,8,17,19,23H,2-3,6-7,9-16H2. The second-order valence-electron chi connectivity index (χ2n) is 8.49. The summed E-state index contributed by atoms with van der Waals surface area (Å²) in [5, 5.41) is 12.3. The van der Waals surface area contributed by atoms with Crippen LogP contribution < -0.4 is 10.1 Å². The molecule has 0 atom stereocenters. The van der Waals surface area contributed by atoms with Gasteiger partial charge < -0.3 is 14.6 Å². The minimum Gasteiger partial charge on any atom is -0.490 e. The Kier molecular flexibility index (Phi) is 5.32. The summed E-state index contributed by atoms with van der Waals surface area (Å²) in [6, 6.07) is 8.62. The van der Waals surface area contributed by atoms with Crippen molar-refractivity contribution in [2.45, 2.75) is 70.2 Å². The highest BCUT2D eigenvalue weighted by Crippen LogP contribution is 2.31. The predicted octanol–water partition coefficient (Wildman–Crippen LogP) is 3.08. The maximum absolute atomic E-state index is 6.34. The van der Waals surface area contributed by atoms with E-state index in [-0.39, 0.29) is 0 Å². The topological polar surface area (TPSA) is 55.2 Å². The van der Waals surface area contributed by atoms with Crippen LogP contribution in [0.5, 0.6) is 5.75 Å². The van der Waals surface area contributed by atoms with Crippen LogP contribution in [0.4, 0.5) is 0 Å². The van der Waals surface area contributed by atoms with E-state index in [0.29, 0.717) is 12.0 Å². The second-order valence-corrected chi connectivity index (χ2v) is 8.49. The van der Waals surface area contributed by atoms with E-state index in [1.807, 2.05) is 0 Å². The first-order chi connectivity index (χ1) is 13.9. The van der Waals surface area contributed by atoms with Crippen molar-refractivity contribution >= 4 is 0 Å². The van der Waals surface area contributed by atoms with Crippen LogP contribution >= 0.6 is 0 Å². The Morgan fingerprint density at radius 1 is 1.00 bits per heavy atom. The van der Waals surface area contributed by atoms with E-state index >= 15 is 0 Å². The molecule has 0 radical (unpaired) electrons. The molecule has 0 spiro atoms. The molecule has 1 aliphatic carbocycles. The Morgan fingerprint density at radius 2 is 1.82 bits per heavy atom. The third kappa shape index (κ3) is 3.80. The predicted molar refractivity (Wildman–Crippen MR) is 108 cm³/mol. The van der Waals surface area contributed by atoms with E-state index in [9.17, 15) is 0 Å². The molecule has 0 unspecified atom stereocenters. The number of fused-ring (bicyclic) bond motifs is 1.